The van der Waals surface area contributed by atoms with E-state index in [2.05, 4.69) is 17.2 Å². The number of hydrogen-bond donors (Lipinski definition) is 2. The van der Waals surface area contributed by atoms with Crippen molar-refractivity contribution < 1.29 is 8.42 Å². The lowest BCUT2D eigenvalue weighted by atomic mass is 10.1. The molecule has 1 aromatic rings. The second kappa shape index (κ2) is 8.57. The van der Waals surface area contributed by atoms with Crippen molar-refractivity contribution in [1.82, 2.24) is 5.32 Å². The molecule has 7 heteroatoms. The molecule has 1 rings (SSSR count). The van der Waals surface area contributed by atoms with Gasteiger partial charge in [0.1, 0.15) is 0 Å². The van der Waals surface area contributed by atoms with Gasteiger partial charge in [0.15, 0.2) is 15.8 Å². The molecule has 0 aliphatic rings. The van der Waals surface area contributed by atoms with E-state index in [1.165, 1.54) is 6.26 Å². The predicted octanol–water partition coefficient (Wildman–Crippen LogP) is 2.22. The lowest BCUT2D eigenvalue weighted by Crippen LogP contribution is -2.38. The predicted molar refractivity (Wildman–Crippen MR) is 97.9 cm³/mol. The van der Waals surface area contributed by atoms with E-state index >= 15 is 0 Å². The highest BCUT2D eigenvalue weighted by molar-refractivity contribution is 14.0. The van der Waals surface area contributed by atoms with Crippen molar-refractivity contribution in [2.45, 2.75) is 44.7 Å². The van der Waals surface area contributed by atoms with Crippen molar-refractivity contribution in [3.63, 3.8) is 0 Å². The summed E-state index contributed by atoms with van der Waals surface area (Å²) < 4.78 is 23.1. The van der Waals surface area contributed by atoms with Crippen LogP contribution in [0.25, 0.3) is 0 Å². The molecular weight excluding hydrogens is 401 g/mol. The van der Waals surface area contributed by atoms with Gasteiger partial charge in [-0.15, -0.1) is 24.0 Å². The van der Waals surface area contributed by atoms with Gasteiger partial charge in [-0.2, -0.15) is 0 Å². The smallest absolute Gasteiger partial charge is 0.189 e. The first-order valence-corrected chi connectivity index (χ1v) is 8.49. The van der Waals surface area contributed by atoms with E-state index in [1.807, 2.05) is 13.0 Å². The monoisotopic (exact) mass is 425 g/mol. The van der Waals surface area contributed by atoms with Crippen LogP contribution in [-0.2, 0) is 16.4 Å². The fraction of sp³-hybridized carbons (Fsp3) is 0.500. The van der Waals surface area contributed by atoms with Crippen LogP contribution >= 0.6 is 24.0 Å². The van der Waals surface area contributed by atoms with E-state index in [4.69, 9.17) is 5.73 Å². The van der Waals surface area contributed by atoms with Gasteiger partial charge in [-0.05, 0) is 37.5 Å². The SMILES string of the molecule is CCC(C)NC(N)=NCc1ccc(S(C)(=O)=O)c(C)c1.I. The van der Waals surface area contributed by atoms with Gasteiger partial charge >= 0.3 is 0 Å². The highest BCUT2D eigenvalue weighted by atomic mass is 127. The fourth-order valence-electron chi connectivity index (χ4n) is 1.80. The van der Waals surface area contributed by atoms with E-state index in [0.717, 1.165) is 17.5 Å². The summed E-state index contributed by atoms with van der Waals surface area (Å²) in [5.74, 6) is 0.407. The molecule has 0 radical (unpaired) electrons. The Morgan fingerprint density at radius 1 is 1.43 bits per heavy atom. The van der Waals surface area contributed by atoms with Gasteiger partial charge in [-0.1, -0.05) is 19.1 Å². The number of sulfone groups is 1. The number of rotatable bonds is 5. The summed E-state index contributed by atoms with van der Waals surface area (Å²) in [5.41, 5.74) is 7.44. The van der Waals surface area contributed by atoms with Crippen molar-refractivity contribution in [1.29, 1.82) is 0 Å². The fourth-order valence-corrected chi connectivity index (χ4v) is 2.76. The average Bonchev–Trinajstić information content (AvgIpc) is 2.34. The van der Waals surface area contributed by atoms with Crippen LogP contribution < -0.4 is 11.1 Å². The molecule has 0 aliphatic carbocycles. The highest BCUT2D eigenvalue weighted by Gasteiger charge is 2.10. The molecule has 3 N–H and O–H groups in total. The second-order valence-electron chi connectivity index (χ2n) is 5.03. The number of hydrogen-bond acceptors (Lipinski definition) is 3. The van der Waals surface area contributed by atoms with E-state index in [0.29, 0.717) is 17.4 Å². The zero-order chi connectivity index (χ0) is 15.3. The molecule has 21 heavy (non-hydrogen) atoms. The Bertz CT molecular complexity index is 600. The number of nitrogens with zero attached hydrogens (tertiary/aromatic N) is 1. The molecule has 120 valence electrons. The molecule has 0 aliphatic heterocycles. The van der Waals surface area contributed by atoms with E-state index < -0.39 is 9.84 Å². The highest BCUT2D eigenvalue weighted by Crippen LogP contribution is 2.17. The van der Waals surface area contributed by atoms with Gasteiger partial charge in [0.2, 0.25) is 0 Å². The summed E-state index contributed by atoms with van der Waals surface area (Å²) in [7, 11) is -3.17. The van der Waals surface area contributed by atoms with Crippen molar-refractivity contribution in [2.75, 3.05) is 6.26 Å². The molecule has 0 saturated carbocycles. The summed E-state index contributed by atoms with van der Waals surface area (Å²) in [5, 5.41) is 3.08. The summed E-state index contributed by atoms with van der Waals surface area (Å²) in [4.78, 5) is 4.61. The van der Waals surface area contributed by atoms with Crippen LogP contribution in [0.1, 0.15) is 31.4 Å². The van der Waals surface area contributed by atoms with Crippen LogP contribution in [0.5, 0.6) is 0 Å². The first-order valence-electron chi connectivity index (χ1n) is 6.60. The van der Waals surface area contributed by atoms with E-state index in [-0.39, 0.29) is 30.0 Å². The standard InChI is InChI=1S/C14H23N3O2S.HI/c1-5-11(3)17-14(15)16-9-12-6-7-13(10(2)8-12)20(4,18)19;/h6-8,11H,5,9H2,1-4H3,(H3,15,16,17);1H. The number of halogens is 1. The van der Waals surface area contributed by atoms with Crippen molar-refractivity contribution in [3.8, 4) is 0 Å². The van der Waals surface area contributed by atoms with Crippen LogP contribution in [0.3, 0.4) is 0 Å². The Morgan fingerprint density at radius 2 is 2.05 bits per heavy atom. The van der Waals surface area contributed by atoms with Crippen LogP contribution in [-0.4, -0.2) is 26.7 Å². The maximum atomic E-state index is 11.5. The van der Waals surface area contributed by atoms with Crippen LogP contribution in [0, 0.1) is 6.92 Å². The van der Waals surface area contributed by atoms with Gasteiger partial charge in [0, 0.05) is 12.3 Å². The van der Waals surface area contributed by atoms with Gasteiger partial charge in [-0.25, -0.2) is 13.4 Å². The summed E-state index contributed by atoms with van der Waals surface area (Å²) in [6.45, 7) is 6.32. The molecular formula is C14H24IN3O2S. The molecule has 0 saturated heterocycles. The number of guanidine groups is 1. The molecule has 0 fully saturated rings. The third-order valence-corrected chi connectivity index (χ3v) is 4.33. The average molecular weight is 425 g/mol. The third kappa shape index (κ3) is 6.64. The molecule has 0 bridgehead atoms. The Morgan fingerprint density at radius 3 is 2.52 bits per heavy atom. The Kier molecular flexibility index (Phi) is 8.23. The van der Waals surface area contributed by atoms with Gasteiger partial charge in [0.25, 0.3) is 0 Å². The molecule has 1 atom stereocenters. The third-order valence-electron chi connectivity index (χ3n) is 3.08. The van der Waals surface area contributed by atoms with Crippen molar-refractivity contribution in [2.24, 2.45) is 10.7 Å². The second-order valence-corrected chi connectivity index (χ2v) is 7.01. The molecule has 0 amide bonds. The Labute approximate surface area is 144 Å². The molecule has 1 aromatic carbocycles. The Hall–Kier alpha value is -0.830. The molecule has 5 nitrogen and oxygen atoms in total. The van der Waals surface area contributed by atoms with Crippen molar-refractivity contribution in [3.05, 3.63) is 29.3 Å². The van der Waals surface area contributed by atoms with Gasteiger partial charge in [-0.3, -0.25) is 0 Å². The lowest BCUT2D eigenvalue weighted by Gasteiger charge is -2.12. The minimum Gasteiger partial charge on any atom is -0.370 e. The first-order chi connectivity index (χ1) is 9.24. The normalized spacial score (nSPS) is 13.4. The zero-order valence-corrected chi connectivity index (χ0v) is 16.0. The van der Waals surface area contributed by atoms with Crippen LogP contribution in [0.15, 0.2) is 28.1 Å². The molecule has 0 spiro atoms. The van der Waals surface area contributed by atoms with Crippen molar-refractivity contribution >= 4 is 39.8 Å². The zero-order valence-electron chi connectivity index (χ0n) is 12.9. The molecule has 1 unspecified atom stereocenters. The van der Waals surface area contributed by atoms with Crippen LogP contribution in [0.2, 0.25) is 0 Å². The number of nitrogens with one attached hydrogen (secondary N) is 1. The number of aryl methyl sites for hydroxylation is 1. The Balaban J connectivity index is 0.00000400. The quantitative estimate of drug-likeness (QED) is 0.431. The van der Waals surface area contributed by atoms with Gasteiger partial charge < -0.3 is 11.1 Å². The summed E-state index contributed by atoms with van der Waals surface area (Å²) in [6, 6.07) is 5.50. The van der Waals surface area contributed by atoms with E-state index in [9.17, 15) is 8.42 Å². The first kappa shape index (κ1) is 20.2. The molecule has 0 heterocycles. The maximum Gasteiger partial charge on any atom is 0.189 e. The largest absolute Gasteiger partial charge is 0.370 e. The van der Waals surface area contributed by atoms with Gasteiger partial charge in [0.05, 0.1) is 11.4 Å². The van der Waals surface area contributed by atoms with Crippen LogP contribution in [0.4, 0.5) is 0 Å². The lowest BCUT2D eigenvalue weighted by molar-refractivity contribution is 0.601. The number of benzene rings is 1. The minimum atomic E-state index is -3.17. The summed E-state index contributed by atoms with van der Waals surface area (Å²) >= 11 is 0. The topological polar surface area (TPSA) is 84.5 Å². The van der Waals surface area contributed by atoms with E-state index in [1.54, 1.807) is 19.1 Å². The maximum absolute atomic E-state index is 11.5. The minimum absolute atomic E-state index is 0. The number of aliphatic imine (C=N–C) groups is 1. The number of nitrogens with two attached hydrogens (primary N) is 1. The molecule has 0 aromatic heterocycles. The summed E-state index contributed by atoms with van der Waals surface area (Å²) in [6.07, 6.45) is 2.18.